The largest absolute Gasteiger partial charge is 0.497 e. The van der Waals surface area contributed by atoms with Gasteiger partial charge in [0.1, 0.15) is 10.6 Å². The number of carbonyl (C=O) groups is 2. The van der Waals surface area contributed by atoms with E-state index >= 15 is 0 Å². The predicted octanol–water partition coefficient (Wildman–Crippen LogP) is 6.07. The maximum absolute atomic E-state index is 12.8. The fraction of sp³-hybridized carbons (Fsp3) is 0.0833. The number of thioether (sulfide) groups is 1. The van der Waals surface area contributed by atoms with E-state index in [1.54, 1.807) is 18.2 Å². The molecule has 180 valence electrons. The fourth-order valence-corrected chi connectivity index (χ4v) is 5.87. The Labute approximate surface area is 228 Å². The van der Waals surface area contributed by atoms with Crippen molar-refractivity contribution in [2.75, 3.05) is 7.11 Å². The molecule has 0 atom stereocenters. The van der Waals surface area contributed by atoms with Crippen molar-refractivity contribution in [1.29, 1.82) is 0 Å². The molecule has 1 aliphatic heterocycles. The first kappa shape index (κ1) is 25.7. The summed E-state index contributed by atoms with van der Waals surface area (Å²) in [6.07, 6.45) is 1.59. The zero-order valence-corrected chi connectivity index (χ0v) is 23.5. The second kappa shape index (κ2) is 10.7. The van der Waals surface area contributed by atoms with E-state index in [0.717, 1.165) is 20.9 Å². The fourth-order valence-electron chi connectivity index (χ4n) is 3.14. The smallest absolute Gasteiger partial charge is 0.339 e. The van der Waals surface area contributed by atoms with Crippen LogP contribution in [0, 0.1) is 3.57 Å². The number of methoxy groups -OCH3 is 1. The summed E-state index contributed by atoms with van der Waals surface area (Å²) in [4.78, 5) is 26.7. The summed E-state index contributed by atoms with van der Waals surface area (Å²) < 4.78 is 37.0. The molecule has 1 fully saturated rings. The number of hydrogen-bond donors (Lipinski definition) is 0. The first-order valence-electron chi connectivity index (χ1n) is 10.0. The SMILES string of the molecule is COc1ccc(S(=O)(=O)Oc2ccc(/C=C3\SC(=O)N(Cc4ccc(I)cc4)C3=O)cc2Br)cc1. The molecule has 2 amide bonds. The lowest BCUT2D eigenvalue weighted by molar-refractivity contribution is -0.123. The second-order valence-corrected chi connectivity index (χ2v) is 11.9. The third-order valence-corrected chi connectivity index (χ3v) is 8.42. The van der Waals surface area contributed by atoms with Crippen molar-refractivity contribution in [2.45, 2.75) is 11.4 Å². The molecular formula is C24H17BrINO6S2. The number of ether oxygens (including phenoxy) is 1. The number of rotatable bonds is 7. The summed E-state index contributed by atoms with van der Waals surface area (Å²) in [7, 11) is -2.57. The number of amides is 2. The van der Waals surface area contributed by atoms with Crippen LogP contribution in [0.4, 0.5) is 4.79 Å². The molecule has 0 N–H and O–H groups in total. The molecule has 11 heteroatoms. The van der Waals surface area contributed by atoms with Gasteiger partial charge in [0.25, 0.3) is 11.1 Å². The molecule has 1 heterocycles. The molecular weight excluding hydrogens is 669 g/mol. The van der Waals surface area contributed by atoms with Gasteiger partial charge < -0.3 is 8.92 Å². The lowest BCUT2D eigenvalue weighted by Crippen LogP contribution is -2.27. The maximum atomic E-state index is 12.8. The highest BCUT2D eigenvalue weighted by Crippen LogP contribution is 2.35. The summed E-state index contributed by atoms with van der Waals surface area (Å²) in [6.45, 7) is 0.193. The third-order valence-electron chi connectivity index (χ3n) is 4.93. The van der Waals surface area contributed by atoms with Gasteiger partial charge in [-0.3, -0.25) is 14.5 Å². The lowest BCUT2D eigenvalue weighted by Gasteiger charge is -2.12. The highest BCUT2D eigenvalue weighted by atomic mass is 127. The molecule has 0 spiro atoms. The van der Waals surface area contributed by atoms with Gasteiger partial charge in [0.05, 0.1) is 23.0 Å². The van der Waals surface area contributed by atoms with Crippen LogP contribution in [0.25, 0.3) is 6.08 Å². The van der Waals surface area contributed by atoms with E-state index in [9.17, 15) is 18.0 Å². The van der Waals surface area contributed by atoms with Crippen LogP contribution in [0.3, 0.4) is 0 Å². The Kier molecular flexibility index (Phi) is 7.89. The van der Waals surface area contributed by atoms with Gasteiger partial charge in [-0.25, -0.2) is 0 Å². The normalized spacial score (nSPS) is 15.1. The minimum atomic E-state index is -4.06. The number of imide groups is 1. The molecule has 1 aliphatic rings. The predicted molar refractivity (Wildman–Crippen MR) is 146 cm³/mol. The van der Waals surface area contributed by atoms with Gasteiger partial charge in [0, 0.05) is 3.57 Å². The van der Waals surface area contributed by atoms with Gasteiger partial charge in [-0.1, -0.05) is 18.2 Å². The average Bonchev–Trinajstić information content (AvgIpc) is 3.09. The first-order valence-corrected chi connectivity index (χ1v) is 14.1. The van der Waals surface area contributed by atoms with E-state index in [1.165, 1.54) is 42.3 Å². The quantitative estimate of drug-likeness (QED) is 0.170. The van der Waals surface area contributed by atoms with Crippen molar-refractivity contribution in [3.05, 3.63) is 90.8 Å². The van der Waals surface area contributed by atoms with Crippen molar-refractivity contribution in [3.8, 4) is 11.5 Å². The Morgan fingerprint density at radius 2 is 1.71 bits per heavy atom. The van der Waals surface area contributed by atoms with Crippen LogP contribution in [-0.4, -0.2) is 31.6 Å². The molecule has 1 saturated heterocycles. The average molecular weight is 686 g/mol. The number of hydrogen-bond acceptors (Lipinski definition) is 7. The van der Waals surface area contributed by atoms with Crippen molar-refractivity contribution in [1.82, 2.24) is 4.90 Å². The van der Waals surface area contributed by atoms with Crippen molar-refractivity contribution >= 4 is 77.6 Å². The maximum Gasteiger partial charge on any atom is 0.339 e. The van der Waals surface area contributed by atoms with Crippen LogP contribution in [0.1, 0.15) is 11.1 Å². The molecule has 0 unspecified atom stereocenters. The molecule has 0 aromatic heterocycles. The first-order chi connectivity index (χ1) is 16.7. The van der Waals surface area contributed by atoms with Crippen LogP contribution in [0.15, 0.2) is 81.0 Å². The minimum Gasteiger partial charge on any atom is -0.497 e. The zero-order valence-electron chi connectivity index (χ0n) is 18.1. The van der Waals surface area contributed by atoms with E-state index < -0.39 is 10.1 Å². The van der Waals surface area contributed by atoms with Gasteiger partial charge in [-0.15, -0.1) is 0 Å². The molecule has 7 nitrogen and oxygen atoms in total. The summed E-state index contributed by atoms with van der Waals surface area (Å²) in [5.41, 5.74) is 1.46. The van der Waals surface area contributed by atoms with Crippen LogP contribution in [0.2, 0.25) is 0 Å². The molecule has 0 bridgehead atoms. The van der Waals surface area contributed by atoms with E-state index in [-0.39, 0.29) is 33.2 Å². The summed E-state index contributed by atoms with van der Waals surface area (Å²) in [5.74, 6) is 0.235. The number of carbonyl (C=O) groups excluding carboxylic acids is 2. The topological polar surface area (TPSA) is 90.0 Å². The van der Waals surface area contributed by atoms with Gasteiger partial charge in [0.15, 0.2) is 5.75 Å². The molecule has 35 heavy (non-hydrogen) atoms. The van der Waals surface area contributed by atoms with Crippen molar-refractivity contribution in [2.24, 2.45) is 0 Å². The number of halogens is 2. The second-order valence-electron chi connectivity index (χ2n) is 7.30. The van der Waals surface area contributed by atoms with Crippen LogP contribution in [-0.2, 0) is 21.5 Å². The van der Waals surface area contributed by atoms with E-state index in [0.29, 0.717) is 15.8 Å². The Morgan fingerprint density at radius 1 is 1.03 bits per heavy atom. The van der Waals surface area contributed by atoms with Crippen molar-refractivity contribution in [3.63, 3.8) is 0 Å². The Hall–Kier alpha value is -2.35. The Bertz CT molecular complexity index is 1420. The number of nitrogens with zero attached hydrogens (tertiary/aromatic N) is 1. The van der Waals surface area contributed by atoms with E-state index in [4.69, 9.17) is 8.92 Å². The lowest BCUT2D eigenvalue weighted by atomic mass is 10.2. The molecule has 0 saturated carbocycles. The molecule has 3 aromatic rings. The molecule has 0 aliphatic carbocycles. The van der Waals surface area contributed by atoms with E-state index in [2.05, 4.69) is 38.5 Å². The molecule has 4 rings (SSSR count). The highest BCUT2D eigenvalue weighted by molar-refractivity contribution is 14.1. The minimum absolute atomic E-state index is 0.0175. The standard InChI is InChI=1S/C24H17BrINO6S2/c1-32-18-7-9-19(10-8-18)35(30,31)33-21-11-4-16(12-20(21)25)13-22-23(28)27(24(29)34-22)14-15-2-5-17(26)6-3-15/h2-13H,14H2,1H3/b22-13-. The van der Waals surface area contributed by atoms with Crippen molar-refractivity contribution < 1.29 is 26.9 Å². The van der Waals surface area contributed by atoms with Crippen LogP contribution < -0.4 is 8.92 Å². The van der Waals surface area contributed by atoms with Gasteiger partial charge >= 0.3 is 10.1 Å². The van der Waals surface area contributed by atoms with E-state index in [1.807, 2.05) is 24.3 Å². The monoisotopic (exact) mass is 685 g/mol. The number of benzene rings is 3. The third kappa shape index (κ3) is 6.08. The summed E-state index contributed by atoms with van der Waals surface area (Å²) in [5, 5.41) is -0.343. The molecule has 0 radical (unpaired) electrons. The Balaban J connectivity index is 1.50. The molecule has 3 aromatic carbocycles. The highest BCUT2D eigenvalue weighted by Gasteiger charge is 2.35. The Morgan fingerprint density at radius 3 is 2.34 bits per heavy atom. The summed E-state index contributed by atoms with van der Waals surface area (Å²) in [6, 6.07) is 18.1. The van der Waals surface area contributed by atoms with Gasteiger partial charge in [0.2, 0.25) is 0 Å². The van der Waals surface area contributed by atoms with Gasteiger partial charge in [-0.05, 0) is 116 Å². The van der Waals surface area contributed by atoms with Gasteiger partial charge in [-0.2, -0.15) is 8.42 Å². The van der Waals surface area contributed by atoms with Crippen LogP contribution >= 0.6 is 50.3 Å². The summed E-state index contributed by atoms with van der Waals surface area (Å²) >= 11 is 6.38. The van der Waals surface area contributed by atoms with Crippen LogP contribution in [0.5, 0.6) is 11.5 Å². The zero-order chi connectivity index (χ0) is 25.2.